The van der Waals surface area contributed by atoms with Crippen LogP contribution in [-0.4, -0.2) is 33.0 Å². The van der Waals surface area contributed by atoms with E-state index in [1.165, 1.54) is 19.4 Å². The SMILES string of the molecule is COc1cc(Nc2n[nH]c(C)c2[N+](=O)[O-])c(C(=O)c2ccccc2C)cn1. The monoisotopic (exact) mass is 367 g/mol. The van der Waals surface area contributed by atoms with E-state index in [0.717, 1.165) is 5.56 Å². The Hall–Kier alpha value is -3.75. The van der Waals surface area contributed by atoms with Crippen molar-refractivity contribution in [1.82, 2.24) is 15.2 Å². The molecule has 0 radical (unpaired) electrons. The molecule has 2 heterocycles. The lowest BCUT2D eigenvalue weighted by atomic mass is 9.99. The number of H-pyrrole nitrogens is 1. The van der Waals surface area contributed by atoms with E-state index in [-0.39, 0.29) is 28.7 Å². The number of methoxy groups -OCH3 is 1. The number of nitrogens with one attached hydrogen (secondary N) is 2. The number of pyridine rings is 1. The first-order chi connectivity index (χ1) is 12.9. The molecule has 0 spiro atoms. The van der Waals surface area contributed by atoms with Gasteiger partial charge in [-0.15, -0.1) is 5.10 Å². The van der Waals surface area contributed by atoms with Gasteiger partial charge in [0, 0.05) is 17.8 Å². The van der Waals surface area contributed by atoms with Gasteiger partial charge in [-0.1, -0.05) is 24.3 Å². The summed E-state index contributed by atoms with van der Waals surface area (Å²) in [6, 6.07) is 8.66. The van der Waals surface area contributed by atoms with Crippen molar-refractivity contribution in [2.45, 2.75) is 13.8 Å². The molecule has 0 bridgehead atoms. The molecule has 0 aliphatic carbocycles. The molecule has 0 aliphatic heterocycles. The zero-order valence-corrected chi connectivity index (χ0v) is 14.9. The Balaban J connectivity index is 2.08. The molecule has 9 heteroatoms. The topological polar surface area (TPSA) is 123 Å². The lowest BCUT2D eigenvalue weighted by molar-refractivity contribution is -0.384. The molecule has 0 fully saturated rings. The third-order valence-electron chi connectivity index (χ3n) is 4.07. The zero-order chi connectivity index (χ0) is 19.6. The first-order valence-corrected chi connectivity index (χ1v) is 8.03. The Bertz CT molecular complexity index is 1030. The fourth-order valence-electron chi connectivity index (χ4n) is 2.67. The summed E-state index contributed by atoms with van der Waals surface area (Å²) >= 11 is 0. The van der Waals surface area contributed by atoms with Crippen LogP contribution >= 0.6 is 0 Å². The van der Waals surface area contributed by atoms with Crippen LogP contribution in [0.4, 0.5) is 17.2 Å². The van der Waals surface area contributed by atoms with Gasteiger partial charge in [-0.05, 0) is 19.4 Å². The number of ether oxygens (including phenoxy) is 1. The number of anilines is 2. The molecule has 0 aliphatic rings. The van der Waals surface area contributed by atoms with Gasteiger partial charge in [0.2, 0.25) is 11.7 Å². The minimum absolute atomic E-state index is 0.00425. The normalized spacial score (nSPS) is 10.5. The largest absolute Gasteiger partial charge is 0.481 e. The van der Waals surface area contributed by atoms with Gasteiger partial charge in [-0.3, -0.25) is 20.0 Å². The summed E-state index contributed by atoms with van der Waals surface area (Å²) in [6.07, 6.45) is 1.38. The number of carbonyl (C=O) groups excluding carboxylic acids is 1. The lowest BCUT2D eigenvalue weighted by Crippen LogP contribution is -2.09. The number of hydrogen-bond donors (Lipinski definition) is 2. The van der Waals surface area contributed by atoms with Gasteiger partial charge in [0.25, 0.3) is 0 Å². The minimum atomic E-state index is -0.539. The van der Waals surface area contributed by atoms with Crippen LogP contribution in [0.3, 0.4) is 0 Å². The van der Waals surface area contributed by atoms with E-state index in [4.69, 9.17) is 4.74 Å². The van der Waals surface area contributed by atoms with Crippen molar-refractivity contribution in [1.29, 1.82) is 0 Å². The highest BCUT2D eigenvalue weighted by Crippen LogP contribution is 2.31. The first-order valence-electron chi connectivity index (χ1n) is 8.03. The second-order valence-corrected chi connectivity index (χ2v) is 5.84. The third-order valence-corrected chi connectivity index (χ3v) is 4.07. The van der Waals surface area contributed by atoms with E-state index in [1.54, 1.807) is 19.1 Å². The average molecular weight is 367 g/mol. The standard InChI is InChI=1S/C18H17N5O4/c1-10-6-4-5-7-12(10)17(24)13-9-19-15(27-3)8-14(13)20-18-16(23(25)26)11(2)21-22-18/h4-9H,1-3H3,(H2,19,20,21,22). The summed E-state index contributed by atoms with van der Waals surface area (Å²) < 4.78 is 5.12. The predicted octanol–water partition coefficient (Wildman–Crippen LogP) is 3.31. The van der Waals surface area contributed by atoms with Crippen LogP contribution in [0.1, 0.15) is 27.2 Å². The van der Waals surface area contributed by atoms with Gasteiger partial charge >= 0.3 is 5.69 Å². The van der Waals surface area contributed by atoms with Crippen molar-refractivity contribution in [3.63, 3.8) is 0 Å². The summed E-state index contributed by atoms with van der Waals surface area (Å²) in [5.41, 5.74) is 1.99. The Morgan fingerprint density at radius 3 is 2.67 bits per heavy atom. The smallest absolute Gasteiger partial charge is 0.333 e. The number of ketones is 1. The van der Waals surface area contributed by atoms with Gasteiger partial charge < -0.3 is 10.1 Å². The number of nitro groups is 1. The fourth-order valence-corrected chi connectivity index (χ4v) is 2.67. The maximum absolute atomic E-state index is 13.0. The number of carbonyl (C=O) groups is 1. The maximum atomic E-state index is 13.0. The van der Waals surface area contributed by atoms with Crippen LogP contribution < -0.4 is 10.1 Å². The van der Waals surface area contributed by atoms with E-state index in [1.807, 2.05) is 19.1 Å². The summed E-state index contributed by atoms with van der Waals surface area (Å²) in [7, 11) is 1.44. The van der Waals surface area contributed by atoms with Crippen molar-refractivity contribution in [3.05, 3.63) is 69.0 Å². The molecule has 0 saturated heterocycles. The molecule has 3 rings (SSSR count). The lowest BCUT2D eigenvalue weighted by Gasteiger charge is -2.12. The molecule has 27 heavy (non-hydrogen) atoms. The van der Waals surface area contributed by atoms with E-state index in [9.17, 15) is 14.9 Å². The molecule has 3 aromatic rings. The number of aryl methyl sites for hydroxylation is 2. The zero-order valence-electron chi connectivity index (χ0n) is 14.9. The van der Waals surface area contributed by atoms with Gasteiger partial charge in [0.1, 0.15) is 5.69 Å². The van der Waals surface area contributed by atoms with Crippen molar-refractivity contribution in [3.8, 4) is 5.88 Å². The molecule has 138 valence electrons. The van der Waals surface area contributed by atoms with Crippen molar-refractivity contribution in [2.24, 2.45) is 0 Å². The third kappa shape index (κ3) is 3.47. The Morgan fingerprint density at radius 1 is 1.26 bits per heavy atom. The van der Waals surface area contributed by atoms with Gasteiger partial charge in [-0.25, -0.2) is 4.98 Å². The first kappa shape index (κ1) is 18.1. The van der Waals surface area contributed by atoms with Crippen molar-refractivity contribution in [2.75, 3.05) is 12.4 Å². The quantitative estimate of drug-likeness (QED) is 0.389. The number of aromatic amines is 1. The van der Waals surface area contributed by atoms with E-state index in [0.29, 0.717) is 16.9 Å². The molecule has 0 unspecified atom stereocenters. The highest BCUT2D eigenvalue weighted by Gasteiger charge is 2.24. The molecule has 1 aromatic carbocycles. The van der Waals surface area contributed by atoms with E-state index < -0.39 is 4.92 Å². The van der Waals surface area contributed by atoms with Crippen LogP contribution in [0.25, 0.3) is 0 Å². The molecule has 2 N–H and O–H groups in total. The van der Waals surface area contributed by atoms with Gasteiger partial charge in [0.15, 0.2) is 5.78 Å². The minimum Gasteiger partial charge on any atom is -0.481 e. The van der Waals surface area contributed by atoms with Gasteiger partial charge in [0.05, 0.1) is 23.3 Å². The van der Waals surface area contributed by atoms with Gasteiger partial charge in [-0.2, -0.15) is 0 Å². The fraction of sp³-hybridized carbons (Fsp3) is 0.167. The van der Waals surface area contributed by atoms with Crippen LogP contribution in [-0.2, 0) is 0 Å². The van der Waals surface area contributed by atoms with Crippen LogP contribution in [0.5, 0.6) is 5.88 Å². The molecule has 0 atom stereocenters. The van der Waals surface area contributed by atoms with Crippen LogP contribution in [0, 0.1) is 24.0 Å². The Kier molecular flexibility index (Phi) is 4.84. The number of aromatic nitrogens is 3. The molecule has 0 amide bonds. The summed E-state index contributed by atoms with van der Waals surface area (Å²) in [4.78, 5) is 27.9. The Morgan fingerprint density at radius 2 is 2.00 bits per heavy atom. The molecule has 2 aromatic heterocycles. The second-order valence-electron chi connectivity index (χ2n) is 5.84. The summed E-state index contributed by atoms with van der Waals surface area (Å²) in [5, 5.41) is 20.7. The van der Waals surface area contributed by atoms with Crippen molar-refractivity contribution >= 4 is 23.0 Å². The highest BCUT2D eigenvalue weighted by atomic mass is 16.6. The number of nitrogens with zero attached hydrogens (tertiary/aromatic N) is 3. The average Bonchev–Trinajstić information content (AvgIpc) is 3.02. The number of benzene rings is 1. The number of rotatable bonds is 6. The van der Waals surface area contributed by atoms with Crippen molar-refractivity contribution < 1.29 is 14.5 Å². The number of hydrogen-bond acceptors (Lipinski definition) is 7. The molecular formula is C18H17N5O4. The predicted molar refractivity (Wildman–Crippen MR) is 98.7 cm³/mol. The summed E-state index contributed by atoms with van der Waals surface area (Å²) in [5.74, 6) is -0.000931. The molecule has 9 nitrogen and oxygen atoms in total. The molecular weight excluding hydrogens is 350 g/mol. The summed E-state index contributed by atoms with van der Waals surface area (Å²) in [6.45, 7) is 3.38. The van der Waals surface area contributed by atoms with E-state index >= 15 is 0 Å². The maximum Gasteiger partial charge on any atom is 0.333 e. The highest BCUT2D eigenvalue weighted by molar-refractivity contribution is 6.13. The Labute approximate surface area is 154 Å². The molecule has 0 saturated carbocycles. The second kappa shape index (κ2) is 7.24. The van der Waals surface area contributed by atoms with Crippen LogP contribution in [0.15, 0.2) is 36.5 Å². The van der Waals surface area contributed by atoms with E-state index in [2.05, 4.69) is 20.5 Å². The van der Waals surface area contributed by atoms with Crippen LogP contribution in [0.2, 0.25) is 0 Å².